The molecule has 118 valence electrons. The molecule has 3 N–H and O–H groups in total. The van der Waals surface area contributed by atoms with E-state index in [2.05, 4.69) is 5.32 Å². The number of hydrogen-bond donors (Lipinski definition) is 2. The first-order valence-electron chi connectivity index (χ1n) is 7.03. The van der Waals surface area contributed by atoms with Crippen molar-refractivity contribution < 1.29 is 13.2 Å². The van der Waals surface area contributed by atoms with E-state index >= 15 is 0 Å². The zero-order valence-electron chi connectivity index (χ0n) is 11.6. The van der Waals surface area contributed by atoms with Crippen molar-refractivity contribution >= 4 is 28.3 Å². The van der Waals surface area contributed by atoms with Gasteiger partial charge in [-0.1, -0.05) is 6.42 Å². The van der Waals surface area contributed by atoms with Gasteiger partial charge < -0.3 is 11.1 Å². The van der Waals surface area contributed by atoms with Crippen LogP contribution in [0.1, 0.15) is 38.5 Å². The number of amides is 1. The Morgan fingerprint density at radius 3 is 2.55 bits per heavy atom. The van der Waals surface area contributed by atoms with Crippen LogP contribution < -0.4 is 11.1 Å². The fraction of sp³-hybridized carbons (Fsp3) is 0.917. The molecular formula is C12H24ClN3O3S. The first-order chi connectivity index (χ1) is 9.05. The molecule has 0 bridgehead atoms. The lowest BCUT2D eigenvalue weighted by molar-refractivity contribution is -0.121. The number of nitrogens with two attached hydrogens (primary N) is 1. The molecule has 1 amide bonds. The lowest BCUT2D eigenvalue weighted by Crippen LogP contribution is -2.50. The quantitative estimate of drug-likeness (QED) is 0.730. The fourth-order valence-electron chi connectivity index (χ4n) is 2.52. The number of carbonyl (C=O) groups is 1. The second-order valence-electron chi connectivity index (χ2n) is 5.35. The van der Waals surface area contributed by atoms with Gasteiger partial charge in [0.25, 0.3) is 0 Å². The fourth-order valence-corrected chi connectivity index (χ4v) is 4.62. The van der Waals surface area contributed by atoms with Gasteiger partial charge in [0.2, 0.25) is 15.9 Å². The van der Waals surface area contributed by atoms with Crippen molar-refractivity contribution in [1.82, 2.24) is 9.62 Å². The van der Waals surface area contributed by atoms with Crippen molar-refractivity contribution in [1.29, 1.82) is 0 Å². The molecule has 0 aromatic heterocycles. The summed E-state index contributed by atoms with van der Waals surface area (Å²) in [6.07, 6.45) is 4.63. The number of carbonyl (C=O) groups excluding carboxylic acids is 1. The van der Waals surface area contributed by atoms with Crippen molar-refractivity contribution in [2.24, 2.45) is 5.73 Å². The van der Waals surface area contributed by atoms with Gasteiger partial charge in [0.05, 0.1) is 5.25 Å². The Hall–Kier alpha value is -0.370. The predicted molar refractivity (Wildman–Crippen MR) is 80.2 cm³/mol. The van der Waals surface area contributed by atoms with E-state index in [1.165, 1.54) is 0 Å². The highest BCUT2D eigenvalue weighted by atomic mass is 35.5. The number of hydrogen-bond acceptors (Lipinski definition) is 4. The SMILES string of the molecule is Cl.NCCC(=O)NCC1CCCCN1S(=O)(=O)C1CC1. The van der Waals surface area contributed by atoms with Gasteiger partial charge >= 0.3 is 0 Å². The molecule has 2 fully saturated rings. The molecule has 8 heteroatoms. The van der Waals surface area contributed by atoms with Crippen LogP contribution >= 0.6 is 12.4 Å². The van der Waals surface area contributed by atoms with Crippen LogP contribution in [0.2, 0.25) is 0 Å². The number of halogens is 1. The Balaban J connectivity index is 0.00000200. The molecule has 6 nitrogen and oxygen atoms in total. The normalized spacial score (nSPS) is 23.9. The molecule has 1 unspecified atom stereocenters. The third kappa shape index (κ3) is 4.31. The van der Waals surface area contributed by atoms with Crippen LogP contribution in [0, 0.1) is 0 Å². The van der Waals surface area contributed by atoms with Gasteiger partial charge in [0, 0.05) is 32.1 Å². The summed E-state index contributed by atoms with van der Waals surface area (Å²) < 4.78 is 26.3. The number of sulfonamides is 1. The monoisotopic (exact) mass is 325 g/mol. The maximum atomic E-state index is 12.3. The van der Waals surface area contributed by atoms with E-state index in [-0.39, 0.29) is 29.6 Å². The summed E-state index contributed by atoms with van der Waals surface area (Å²) in [4.78, 5) is 11.4. The number of nitrogens with one attached hydrogen (secondary N) is 1. The molecule has 1 saturated heterocycles. The second-order valence-corrected chi connectivity index (χ2v) is 7.51. The van der Waals surface area contributed by atoms with Gasteiger partial charge in [-0.25, -0.2) is 8.42 Å². The van der Waals surface area contributed by atoms with E-state index in [1.807, 2.05) is 0 Å². The van der Waals surface area contributed by atoms with Crippen LogP contribution in [-0.2, 0) is 14.8 Å². The van der Waals surface area contributed by atoms with Gasteiger partial charge in [-0.2, -0.15) is 4.31 Å². The summed E-state index contributed by atoms with van der Waals surface area (Å²) in [6, 6.07) is -0.0823. The van der Waals surface area contributed by atoms with Crippen LogP contribution in [0.4, 0.5) is 0 Å². The lowest BCUT2D eigenvalue weighted by atomic mass is 10.1. The van der Waals surface area contributed by atoms with Crippen molar-refractivity contribution in [2.45, 2.75) is 49.8 Å². The largest absolute Gasteiger partial charge is 0.354 e. The molecule has 0 aromatic rings. The third-order valence-corrected chi connectivity index (χ3v) is 6.20. The summed E-state index contributed by atoms with van der Waals surface area (Å²) in [6.45, 7) is 1.32. The Kier molecular flexibility index (Phi) is 6.71. The summed E-state index contributed by atoms with van der Waals surface area (Å²) in [7, 11) is -3.14. The van der Waals surface area contributed by atoms with Gasteiger partial charge in [0.1, 0.15) is 0 Å². The molecule has 0 spiro atoms. The van der Waals surface area contributed by atoms with Gasteiger partial charge in [-0.05, 0) is 25.7 Å². The van der Waals surface area contributed by atoms with Crippen LogP contribution in [-0.4, -0.2) is 49.6 Å². The maximum absolute atomic E-state index is 12.3. The van der Waals surface area contributed by atoms with Crippen LogP contribution in [0.15, 0.2) is 0 Å². The molecule has 0 radical (unpaired) electrons. The van der Waals surface area contributed by atoms with E-state index in [1.54, 1.807) is 4.31 Å². The number of piperidine rings is 1. The van der Waals surface area contributed by atoms with E-state index in [4.69, 9.17) is 5.73 Å². The van der Waals surface area contributed by atoms with Crippen LogP contribution in [0.5, 0.6) is 0 Å². The molecule has 2 aliphatic rings. The average Bonchev–Trinajstić information content (AvgIpc) is 3.21. The predicted octanol–water partition coefficient (Wildman–Crippen LogP) is 0.220. The minimum atomic E-state index is -3.14. The zero-order chi connectivity index (χ0) is 13.9. The van der Waals surface area contributed by atoms with E-state index in [0.717, 1.165) is 32.1 Å². The summed E-state index contributed by atoms with van der Waals surface area (Å²) in [5, 5.41) is 2.62. The minimum Gasteiger partial charge on any atom is -0.354 e. The highest BCUT2D eigenvalue weighted by molar-refractivity contribution is 7.90. The molecular weight excluding hydrogens is 302 g/mol. The van der Waals surface area contributed by atoms with Gasteiger partial charge in [0.15, 0.2) is 0 Å². The van der Waals surface area contributed by atoms with E-state index in [0.29, 0.717) is 26.1 Å². The number of rotatable bonds is 6. The molecule has 0 aromatic carbocycles. The van der Waals surface area contributed by atoms with Crippen molar-refractivity contribution in [3.63, 3.8) is 0 Å². The van der Waals surface area contributed by atoms with E-state index in [9.17, 15) is 13.2 Å². The Bertz CT molecular complexity index is 426. The van der Waals surface area contributed by atoms with Crippen LogP contribution in [0.25, 0.3) is 0 Å². The molecule has 1 saturated carbocycles. The Morgan fingerprint density at radius 2 is 1.95 bits per heavy atom. The molecule has 2 rings (SSSR count). The van der Waals surface area contributed by atoms with Crippen molar-refractivity contribution in [2.75, 3.05) is 19.6 Å². The minimum absolute atomic E-state index is 0. The zero-order valence-corrected chi connectivity index (χ0v) is 13.2. The summed E-state index contributed by atoms with van der Waals surface area (Å²) >= 11 is 0. The molecule has 20 heavy (non-hydrogen) atoms. The second kappa shape index (κ2) is 7.59. The maximum Gasteiger partial charge on any atom is 0.221 e. The van der Waals surface area contributed by atoms with Crippen molar-refractivity contribution in [3.05, 3.63) is 0 Å². The summed E-state index contributed by atoms with van der Waals surface area (Å²) in [5.74, 6) is -0.100. The van der Waals surface area contributed by atoms with Gasteiger partial charge in [-0.3, -0.25) is 4.79 Å². The van der Waals surface area contributed by atoms with Gasteiger partial charge in [-0.15, -0.1) is 12.4 Å². The first kappa shape index (κ1) is 17.7. The number of nitrogens with zero attached hydrogens (tertiary/aromatic N) is 1. The molecule has 1 aliphatic heterocycles. The first-order valence-corrected chi connectivity index (χ1v) is 8.53. The summed E-state index contributed by atoms with van der Waals surface area (Å²) in [5.41, 5.74) is 5.32. The lowest BCUT2D eigenvalue weighted by Gasteiger charge is -2.34. The third-order valence-electron chi connectivity index (χ3n) is 3.75. The smallest absolute Gasteiger partial charge is 0.221 e. The highest BCUT2D eigenvalue weighted by Crippen LogP contribution is 2.34. The standard InChI is InChI=1S/C12H23N3O3S.ClH/c13-7-6-12(16)14-9-10-3-1-2-8-15(10)19(17,18)11-4-5-11;/h10-11H,1-9,13H2,(H,14,16);1H. The van der Waals surface area contributed by atoms with Crippen LogP contribution in [0.3, 0.4) is 0 Å². The van der Waals surface area contributed by atoms with Crippen molar-refractivity contribution in [3.8, 4) is 0 Å². The molecule has 1 heterocycles. The Morgan fingerprint density at radius 1 is 1.25 bits per heavy atom. The Labute approximate surface area is 126 Å². The molecule has 1 aliphatic carbocycles. The van der Waals surface area contributed by atoms with E-state index < -0.39 is 10.0 Å². The average molecular weight is 326 g/mol. The highest BCUT2D eigenvalue weighted by Gasteiger charge is 2.43. The molecule has 1 atom stereocenters. The topological polar surface area (TPSA) is 92.5 Å².